The summed E-state index contributed by atoms with van der Waals surface area (Å²) in [5, 5.41) is 9.98. The van der Waals surface area contributed by atoms with Gasteiger partial charge in [-0.3, -0.25) is 10.9 Å². The number of nitrogens with one attached hydrogen (secondary N) is 2. The van der Waals surface area contributed by atoms with Crippen LogP contribution in [-0.2, 0) is 6.42 Å². The van der Waals surface area contributed by atoms with Gasteiger partial charge in [-0.15, -0.1) is 0 Å². The molecular weight excluding hydrogens is 307 g/mol. The predicted octanol–water partition coefficient (Wildman–Crippen LogP) is 3.40. The Hall–Kier alpha value is -2.04. The van der Waals surface area contributed by atoms with Gasteiger partial charge >= 0.3 is 0 Å². The molecule has 1 heterocycles. The highest BCUT2D eigenvalue weighted by Crippen LogP contribution is 2.12. The Morgan fingerprint density at radius 2 is 1.38 bits per heavy atom. The van der Waals surface area contributed by atoms with Gasteiger partial charge in [0.05, 0.1) is 0 Å². The Kier molecular flexibility index (Phi) is 4.08. The van der Waals surface area contributed by atoms with Gasteiger partial charge in [-0.05, 0) is 42.0 Å². The highest BCUT2D eigenvalue weighted by Gasteiger charge is 2.10. The smallest absolute Gasteiger partial charge is 0.173 e. The third-order valence-electron chi connectivity index (χ3n) is 3.00. The minimum absolute atomic E-state index is 0.654. The van der Waals surface area contributed by atoms with Crippen molar-refractivity contribution in [2.75, 3.05) is 0 Å². The third kappa shape index (κ3) is 3.54. The SMILES string of the molecule is Clc1ccc(CC2=NNC(c3ccc(Cl)cc3)=NN2)cc1. The molecule has 0 aromatic heterocycles. The van der Waals surface area contributed by atoms with Gasteiger partial charge in [0, 0.05) is 22.0 Å². The Balaban J connectivity index is 1.65. The van der Waals surface area contributed by atoms with E-state index in [1.807, 2.05) is 48.5 Å². The van der Waals surface area contributed by atoms with Crippen molar-refractivity contribution in [2.24, 2.45) is 10.2 Å². The third-order valence-corrected chi connectivity index (χ3v) is 3.50. The Morgan fingerprint density at radius 1 is 0.762 bits per heavy atom. The molecule has 0 saturated heterocycles. The second kappa shape index (κ2) is 6.16. The predicted molar refractivity (Wildman–Crippen MR) is 86.9 cm³/mol. The quantitative estimate of drug-likeness (QED) is 0.911. The summed E-state index contributed by atoms with van der Waals surface area (Å²) >= 11 is 11.7. The molecule has 21 heavy (non-hydrogen) atoms. The van der Waals surface area contributed by atoms with Gasteiger partial charge in [0.1, 0.15) is 5.84 Å². The fraction of sp³-hybridized carbons (Fsp3) is 0.0667. The summed E-state index contributed by atoms with van der Waals surface area (Å²) < 4.78 is 0. The van der Waals surface area contributed by atoms with Gasteiger partial charge in [-0.2, -0.15) is 10.2 Å². The average molecular weight is 319 g/mol. The van der Waals surface area contributed by atoms with Crippen LogP contribution in [0.3, 0.4) is 0 Å². The van der Waals surface area contributed by atoms with Crippen LogP contribution in [0, 0.1) is 0 Å². The molecule has 4 nitrogen and oxygen atoms in total. The van der Waals surface area contributed by atoms with E-state index in [1.165, 1.54) is 0 Å². The van der Waals surface area contributed by atoms with Crippen molar-refractivity contribution in [3.8, 4) is 0 Å². The average Bonchev–Trinajstić information content (AvgIpc) is 2.51. The number of hydrazone groups is 2. The summed E-state index contributed by atoms with van der Waals surface area (Å²) in [4.78, 5) is 0. The lowest BCUT2D eigenvalue weighted by Crippen LogP contribution is -2.35. The maximum absolute atomic E-state index is 5.86. The van der Waals surface area contributed by atoms with Gasteiger partial charge in [-0.1, -0.05) is 35.3 Å². The summed E-state index contributed by atoms with van der Waals surface area (Å²) in [6, 6.07) is 15.0. The number of halogens is 2. The highest BCUT2D eigenvalue weighted by molar-refractivity contribution is 6.30. The van der Waals surface area contributed by atoms with Crippen LogP contribution in [0.4, 0.5) is 0 Å². The zero-order valence-corrected chi connectivity index (χ0v) is 12.5. The van der Waals surface area contributed by atoms with Crippen molar-refractivity contribution in [1.82, 2.24) is 10.9 Å². The van der Waals surface area contributed by atoms with Crippen molar-refractivity contribution >= 4 is 34.9 Å². The molecule has 2 aromatic rings. The number of amidine groups is 2. The van der Waals surface area contributed by atoms with E-state index in [4.69, 9.17) is 23.2 Å². The van der Waals surface area contributed by atoms with Crippen molar-refractivity contribution < 1.29 is 0 Å². The topological polar surface area (TPSA) is 48.8 Å². The maximum Gasteiger partial charge on any atom is 0.173 e. The molecule has 0 unspecified atom stereocenters. The van der Waals surface area contributed by atoms with Crippen molar-refractivity contribution in [3.05, 3.63) is 69.7 Å². The summed E-state index contributed by atoms with van der Waals surface area (Å²) in [5.74, 6) is 1.40. The van der Waals surface area contributed by atoms with Gasteiger partial charge in [-0.25, -0.2) is 0 Å². The van der Waals surface area contributed by atoms with Crippen molar-refractivity contribution in [3.63, 3.8) is 0 Å². The van der Waals surface area contributed by atoms with Crippen LogP contribution in [0.25, 0.3) is 0 Å². The lowest BCUT2D eigenvalue weighted by Gasteiger charge is -2.15. The molecule has 1 aliphatic rings. The van der Waals surface area contributed by atoms with E-state index in [-0.39, 0.29) is 0 Å². The molecule has 1 aliphatic heterocycles. The second-order valence-electron chi connectivity index (χ2n) is 4.55. The summed E-state index contributed by atoms with van der Waals surface area (Å²) in [7, 11) is 0. The van der Waals surface area contributed by atoms with Crippen LogP contribution in [-0.4, -0.2) is 11.7 Å². The first kappa shape index (κ1) is 13.9. The molecule has 0 amide bonds. The normalized spacial score (nSPS) is 13.8. The Bertz CT molecular complexity index is 691. The zero-order chi connectivity index (χ0) is 14.7. The molecule has 0 aliphatic carbocycles. The van der Waals surface area contributed by atoms with Gasteiger partial charge in [0.2, 0.25) is 0 Å². The zero-order valence-electron chi connectivity index (χ0n) is 11.0. The van der Waals surface area contributed by atoms with E-state index in [0.717, 1.165) is 22.0 Å². The Morgan fingerprint density at radius 3 is 1.95 bits per heavy atom. The van der Waals surface area contributed by atoms with E-state index in [9.17, 15) is 0 Å². The van der Waals surface area contributed by atoms with Gasteiger partial charge in [0.25, 0.3) is 0 Å². The summed E-state index contributed by atoms with van der Waals surface area (Å²) in [6.07, 6.45) is 0.654. The molecule has 2 aromatic carbocycles. The molecule has 106 valence electrons. The summed E-state index contributed by atoms with van der Waals surface area (Å²) in [6.45, 7) is 0. The molecule has 0 bridgehead atoms. The molecule has 0 saturated carbocycles. The second-order valence-corrected chi connectivity index (χ2v) is 5.43. The van der Waals surface area contributed by atoms with E-state index >= 15 is 0 Å². The Labute approximate surface area is 132 Å². The minimum atomic E-state index is 0.654. The van der Waals surface area contributed by atoms with E-state index in [2.05, 4.69) is 21.1 Å². The first-order valence-corrected chi connectivity index (χ1v) is 7.13. The van der Waals surface area contributed by atoms with Crippen LogP contribution >= 0.6 is 23.2 Å². The van der Waals surface area contributed by atoms with Crippen LogP contribution < -0.4 is 10.9 Å². The highest BCUT2D eigenvalue weighted by atomic mass is 35.5. The number of nitrogens with zero attached hydrogens (tertiary/aromatic N) is 2. The van der Waals surface area contributed by atoms with E-state index in [0.29, 0.717) is 17.3 Å². The van der Waals surface area contributed by atoms with E-state index < -0.39 is 0 Å². The fourth-order valence-corrected chi connectivity index (χ4v) is 2.15. The van der Waals surface area contributed by atoms with Crippen LogP contribution in [0.15, 0.2) is 58.7 Å². The molecule has 0 spiro atoms. The van der Waals surface area contributed by atoms with E-state index in [1.54, 1.807) is 0 Å². The molecule has 6 heteroatoms. The largest absolute Gasteiger partial charge is 0.261 e. The summed E-state index contributed by atoms with van der Waals surface area (Å²) in [5.41, 5.74) is 7.92. The molecular formula is C15H12Cl2N4. The van der Waals surface area contributed by atoms with Gasteiger partial charge in [0.15, 0.2) is 5.84 Å². The maximum atomic E-state index is 5.86. The van der Waals surface area contributed by atoms with Crippen LogP contribution in [0.1, 0.15) is 11.1 Å². The van der Waals surface area contributed by atoms with Crippen molar-refractivity contribution in [1.29, 1.82) is 0 Å². The molecule has 0 radical (unpaired) electrons. The lowest BCUT2D eigenvalue weighted by atomic mass is 10.1. The van der Waals surface area contributed by atoms with Crippen LogP contribution in [0.5, 0.6) is 0 Å². The number of benzene rings is 2. The molecule has 3 rings (SSSR count). The van der Waals surface area contributed by atoms with Crippen molar-refractivity contribution in [2.45, 2.75) is 6.42 Å². The monoisotopic (exact) mass is 318 g/mol. The first-order valence-electron chi connectivity index (χ1n) is 6.37. The number of hydrogen-bond donors (Lipinski definition) is 2. The first-order chi connectivity index (χ1) is 10.2. The number of rotatable bonds is 3. The molecule has 2 N–H and O–H groups in total. The molecule has 0 atom stereocenters. The number of hydrogen-bond acceptors (Lipinski definition) is 4. The van der Waals surface area contributed by atoms with Crippen LogP contribution in [0.2, 0.25) is 10.0 Å². The van der Waals surface area contributed by atoms with Gasteiger partial charge < -0.3 is 0 Å². The fourth-order valence-electron chi connectivity index (χ4n) is 1.90. The molecule has 0 fully saturated rings. The lowest BCUT2D eigenvalue weighted by molar-refractivity contribution is 0.862. The standard InChI is InChI=1S/C15H12Cl2N4/c16-12-5-1-10(2-6-12)9-14-18-20-15(21-19-14)11-3-7-13(17)8-4-11/h1-8H,9H2,(H,18,19)(H,20,21). The minimum Gasteiger partial charge on any atom is -0.261 e.